The average Bonchev–Trinajstić information content (AvgIpc) is 2.97. The van der Waals surface area contributed by atoms with E-state index < -0.39 is 0 Å². The number of benzene rings is 1. The molecule has 2 amide bonds. The number of nitrogens with zero attached hydrogens (tertiary/aromatic N) is 3. The van der Waals surface area contributed by atoms with Crippen LogP contribution >= 0.6 is 11.6 Å². The highest BCUT2D eigenvalue weighted by Crippen LogP contribution is 2.21. The van der Waals surface area contributed by atoms with Gasteiger partial charge in [0.2, 0.25) is 11.8 Å². The van der Waals surface area contributed by atoms with E-state index in [1.807, 2.05) is 54.6 Å². The van der Waals surface area contributed by atoms with Crippen molar-refractivity contribution in [2.24, 2.45) is 0 Å². The zero-order chi connectivity index (χ0) is 20.3. The van der Waals surface area contributed by atoms with Crippen LogP contribution in [0.3, 0.4) is 0 Å². The first-order valence-electron chi connectivity index (χ1n) is 9.77. The molecule has 1 unspecified atom stereocenters. The average molecular weight is 403 g/mol. The summed E-state index contributed by atoms with van der Waals surface area (Å²) in [7, 11) is 0. The molecule has 150 valence electrons. The summed E-state index contributed by atoms with van der Waals surface area (Å²) >= 11 is 5.98. The van der Waals surface area contributed by atoms with E-state index >= 15 is 0 Å². The lowest BCUT2D eigenvalue weighted by Crippen LogP contribution is -2.49. The van der Waals surface area contributed by atoms with Gasteiger partial charge in [0, 0.05) is 41.8 Å². The number of amides is 2. The number of carbonyl (C=O) groups excluding carboxylic acids is 2. The van der Waals surface area contributed by atoms with Gasteiger partial charge in [-0.3, -0.25) is 9.59 Å². The van der Waals surface area contributed by atoms with Crippen molar-refractivity contribution in [2.45, 2.75) is 52.5 Å². The van der Waals surface area contributed by atoms with Crippen LogP contribution in [0.1, 0.15) is 43.1 Å². The van der Waals surface area contributed by atoms with Crippen LogP contribution in [0.25, 0.3) is 5.69 Å². The van der Waals surface area contributed by atoms with Gasteiger partial charge in [0.1, 0.15) is 0 Å². The number of nitrogens with one attached hydrogen (secondary N) is 1. The topological polar surface area (TPSA) is 67.2 Å². The summed E-state index contributed by atoms with van der Waals surface area (Å²) in [4.78, 5) is 26.4. The van der Waals surface area contributed by atoms with E-state index in [-0.39, 0.29) is 17.9 Å². The van der Waals surface area contributed by atoms with E-state index in [0.717, 1.165) is 42.0 Å². The number of piperidine rings is 1. The Kier molecular flexibility index (Phi) is 6.39. The molecule has 1 aromatic carbocycles. The Balaban J connectivity index is 1.72. The van der Waals surface area contributed by atoms with Crippen molar-refractivity contribution in [2.75, 3.05) is 13.1 Å². The smallest absolute Gasteiger partial charge is 0.227 e. The third-order valence-corrected chi connectivity index (χ3v) is 5.55. The van der Waals surface area contributed by atoms with E-state index in [1.165, 1.54) is 0 Å². The normalized spacial score (nSPS) is 16.9. The minimum atomic E-state index is 0.0372. The van der Waals surface area contributed by atoms with Crippen LogP contribution in [0.2, 0.25) is 5.02 Å². The predicted molar refractivity (Wildman–Crippen MR) is 110 cm³/mol. The van der Waals surface area contributed by atoms with Crippen LogP contribution in [0.15, 0.2) is 24.3 Å². The van der Waals surface area contributed by atoms with E-state index in [1.54, 1.807) is 0 Å². The van der Waals surface area contributed by atoms with Gasteiger partial charge in [0.15, 0.2) is 0 Å². The fourth-order valence-electron chi connectivity index (χ4n) is 3.68. The van der Waals surface area contributed by atoms with Crippen LogP contribution < -0.4 is 5.32 Å². The lowest BCUT2D eigenvalue weighted by Gasteiger charge is -2.33. The van der Waals surface area contributed by atoms with Gasteiger partial charge >= 0.3 is 0 Å². The number of aryl methyl sites for hydroxylation is 1. The van der Waals surface area contributed by atoms with Crippen molar-refractivity contribution >= 4 is 23.4 Å². The summed E-state index contributed by atoms with van der Waals surface area (Å²) in [6, 6.07) is 7.54. The van der Waals surface area contributed by atoms with Crippen LogP contribution in [-0.4, -0.2) is 45.6 Å². The van der Waals surface area contributed by atoms with Crippen molar-refractivity contribution in [1.82, 2.24) is 20.0 Å². The summed E-state index contributed by atoms with van der Waals surface area (Å²) in [5.74, 6) is 0.118. The molecule has 2 heterocycles. The largest absolute Gasteiger partial charge is 0.352 e. The summed E-state index contributed by atoms with van der Waals surface area (Å²) in [5, 5.41) is 8.31. The van der Waals surface area contributed by atoms with E-state index in [0.29, 0.717) is 24.4 Å². The second kappa shape index (κ2) is 8.78. The molecule has 1 N–H and O–H groups in total. The van der Waals surface area contributed by atoms with Crippen molar-refractivity contribution in [3.05, 3.63) is 46.2 Å². The fraction of sp³-hybridized carbons (Fsp3) is 0.476. The zero-order valence-electron chi connectivity index (χ0n) is 16.7. The number of likely N-dealkylation sites (tertiary alicyclic amines) is 1. The van der Waals surface area contributed by atoms with Gasteiger partial charge in [-0.05, 0) is 51.0 Å². The highest BCUT2D eigenvalue weighted by molar-refractivity contribution is 6.30. The number of hydrogen-bond donors (Lipinski definition) is 1. The molecule has 1 fully saturated rings. The first kappa shape index (κ1) is 20.4. The molecule has 1 atom stereocenters. The van der Waals surface area contributed by atoms with Gasteiger partial charge in [0.25, 0.3) is 0 Å². The Hall–Kier alpha value is -2.34. The SMILES string of the molecule is CCC(=O)NC1CCCN(C(=O)Cc2c(C)nn(-c3ccc(Cl)cc3)c2C)C1. The monoisotopic (exact) mass is 402 g/mol. The van der Waals surface area contributed by atoms with Crippen molar-refractivity contribution < 1.29 is 9.59 Å². The van der Waals surface area contributed by atoms with Gasteiger partial charge in [0.05, 0.1) is 17.8 Å². The van der Waals surface area contributed by atoms with E-state index in [4.69, 9.17) is 11.6 Å². The molecule has 0 bridgehead atoms. The van der Waals surface area contributed by atoms with Crippen molar-refractivity contribution in [3.8, 4) is 5.69 Å². The Morgan fingerprint density at radius 2 is 1.96 bits per heavy atom. The Morgan fingerprint density at radius 1 is 1.25 bits per heavy atom. The first-order chi connectivity index (χ1) is 13.4. The summed E-state index contributed by atoms with van der Waals surface area (Å²) in [5.41, 5.74) is 3.69. The van der Waals surface area contributed by atoms with Gasteiger partial charge in [-0.25, -0.2) is 4.68 Å². The van der Waals surface area contributed by atoms with E-state index in [9.17, 15) is 9.59 Å². The molecule has 0 saturated carbocycles. The molecule has 7 heteroatoms. The third kappa shape index (κ3) is 4.55. The summed E-state index contributed by atoms with van der Waals surface area (Å²) < 4.78 is 1.86. The molecular weight excluding hydrogens is 376 g/mol. The zero-order valence-corrected chi connectivity index (χ0v) is 17.4. The number of aromatic nitrogens is 2. The second-order valence-electron chi connectivity index (χ2n) is 7.31. The molecule has 1 saturated heterocycles. The van der Waals surface area contributed by atoms with Gasteiger partial charge < -0.3 is 10.2 Å². The number of carbonyl (C=O) groups is 2. The standard InChI is InChI=1S/C21H27ClN4O2/c1-4-20(27)23-17-6-5-11-25(13-17)21(28)12-19-14(2)24-26(15(19)3)18-9-7-16(22)8-10-18/h7-10,17H,4-6,11-13H2,1-3H3,(H,23,27). The van der Waals surface area contributed by atoms with Crippen molar-refractivity contribution in [1.29, 1.82) is 0 Å². The Morgan fingerprint density at radius 3 is 2.64 bits per heavy atom. The third-order valence-electron chi connectivity index (χ3n) is 5.30. The van der Waals surface area contributed by atoms with Crippen molar-refractivity contribution in [3.63, 3.8) is 0 Å². The van der Waals surface area contributed by atoms with Crippen LogP contribution in [0.5, 0.6) is 0 Å². The predicted octanol–water partition coefficient (Wildman–Crippen LogP) is 3.20. The maximum atomic E-state index is 12.9. The lowest BCUT2D eigenvalue weighted by atomic mass is 10.0. The Labute approximate surface area is 170 Å². The maximum absolute atomic E-state index is 12.9. The summed E-state index contributed by atoms with van der Waals surface area (Å²) in [6.07, 6.45) is 2.61. The molecule has 3 rings (SSSR count). The molecule has 1 aliphatic heterocycles. The lowest BCUT2D eigenvalue weighted by molar-refractivity contribution is -0.133. The maximum Gasteiger partial charge on any atom is 0.227 e. The molecule has 2 aromatic rings. The number of halogens is 1. The highest BCUT2D eigenvalue weighted by Gasteiger charge is 2.26. The molecule has 1 aromatic heterocycles. The van der Waals surface area contributed by atoms with Crippen LogP contribution in [0.4, 0.5) is 0 Å². The number of rotatable bonds is 5. The molecule has 1 aliphatic rings. The number of hydrogen-bond acceptors (Lipinski definition) is 3. The van der Waals surface area contributed by atoms with E-state index in [2.05, 4.69) is 10.4 Å². The molecular formula is C21H27ClN4O2. The minimum Gasteiger partial charge on any atom is -0.352 e. The summed E-state index contributed by atoms with van der Waals surface area (Å²) in [6.45, 7) is 7.07. The van der Waals surface area contributed by atoms with Crippen LogP contribution in [0, 0.1) is 13.8 Å². The fourth-order valence-corrected chi connectivity index (χ4v) is 3.80. The molecule has 28 heavy (non-hydrogen) atoms. The van der Waals surface area contributed by atoms with Gasteiger partial charge in [-0.15, -0.1) is 0 Å². The second-order valence-corrected chi connectivity index (χ2v) is 7.75. The minimum absolute atomic E-state index is 0.0372. The molecule has 0 radical (unpaired) electrons. The first-order valence-corrected chi connectivity index (χ1v) is 10.1. The quantitative estimate of drug-likeness (QED) is 0.835. The highest BCUT2D eigenvalue weighted by atomic mass is 35.5. The Bertz CT molecular complexity index is 860. The van der Waals surface area contributed by atoms with Gasteiger partial charge in [-0.1, -0.05) is 18.5 Å². The van der Waals surface area contributed by atoms with Crippen LogP contribution in [-0.2, 0) is 16.0 Å². The molecule has 6 nitrogen and oxygen atoms in total. The molecule has 0 aliphatic carbocycles. The van der Waals surface area contributed by atoms with Gasteiger partial charge in [-0.2, -0.15) is 5.10 Å². The molecule has 0 spiro atoms.